The van der Waals surface area contributed by atoms with E-state index in [0.29, 0.717) is 12.5 Å². The summed E-state index contributed by atoms with van der Waals surface area (Å²) < 4.78 is 11.0. The first kappa shape index (κ1) is 12.3. The Hall–Kier alpha value is -1.13. The molecule has 1 aliphatic heterocycles. The van der Waals surface area contributed by atoms with Crippen LogP contribution >= 0.6 is 0 Å². The third-order valence-corrected chi connectivity index (χ3v) is 3.04. The highest BCUT2D eigenvalue weighted by atomic mass is 16.5. The molecule has 0 aliphatic carbocycles. The molecule has 4 heteroatoms. The molecule has 0 amide bonds. The van der Waals surface area contributed by atoms with E-state index in [-0.39, 0.29) is 0 Å². The van der Waals surface area contributed by atoms with Gasteiger partial charge in [0.15, 0.2) is 0 Å². The highest BCUT2D eigenvalue weighted by molar-refractivity contribution is 5.34. The number of anilines is 1. The van der Waals surface area contributed by atoms with Gasteiger partial charge in [0.05, 0.1) is 13.2 Å². The number of aromatic nitrogens is 1. The SMILES string of the molecule is CNc1ccc(COCC2CCOCC2)cn1. The first-order valence-electron chi connectivity index (χ1n) is 6.16. The van der Waals surface area contributed by atoms with E-state index in [0.717, 1.165) is 44.0 Å². The van der Waals surface area contributed by atoms with E-state index in [1.165, 1.54) is 0 Å². The smallest absolute Gasteiger partial charge is 0.125 e. The molecule has 1 aromatic heterocycles. The topological polar surface area (TPSA) is 43.4 Å². The van der Waals surface area contributed by atoms with E-state index in [1.54, 1.807) is 0 Å². The molecule has 94 valence electrons. The zero-order chi connectivity index (χ0) is 11.9. The summed E-state index contributed by atoms with van der Waals surface area (Å²) in [5.74, 6) is 1.55. The molecule has 1 saturated heterocycles. The van der Waals surface area contributed by atoms with Crippen LogP contribution in [0.3, 0.4) is 0 Å². The van der Waals surface area contributed by atoms with Crippen LogP contribution in [-0.4, -0.2) is 31.9 Å². The van der Waals surface area contributed by atoms with Crippen molar-refractivity contribution in [2.45, 2.75) is 19.4 Å². The van der Waals surface area contributed by atoms with Crippen molar-refractivity contribution < 1.29 is 9.47 Å². The van der Waals surface area contributed by atoms with E-state index in [9.17, 15) is 0 Å². The summed E-state index contributed by atoms with van der Waals surface area (Å²) in [6.07, 6.45) is 4.10. The first-order valence-corrected chi connectivity index (χ1v) is 6.16. The number of ether oxygens (including phenoxy) is 2. The van der Waals surface area contributed by atoms with Gasteiger partial charge in [-0.2, -0.15) is 0 Å². The maximum absolute atomic E-state index is 5.72. The number of pyridine rings is 1. The molecule has 0 saturated carbocycles. The second-order valence-corrected chi connectivity index (χ2v) is 4.37. The van der Waals surface area contributed by atoms with Crippen molar-refractivity contribution in [2.75, 3.05) is 32.2 Å². The predicted octanol–water partition coefficient (Wildman–Crippen LogP) is 2.07. The van der Waals surface area contributed by atoms with Crippen molar-refractivity contribution in [1.82, 2.24) is 4.98 Å². The van der Waals surface area contributed by atoms with E-state index in [1.807, 2.05) is 25.4 Å². The lowest BCUT2D eigenvalue weighted by molar-refractivity contribution is 0.0157. The number of hydrogen-bond donors (Lipinski definition) is 1. The van der Waals surface area contributed by atoms with Crippen molar-refractivity contribution in [3.05, 3.63) is 23.9 Å². The molecule has 1 aliphatic rings. The molecule has 0 unspecified atom stereocenters. The summed E-state index contributed by atoms with van der Waals surface area (Å²) in [6.45, 7) is 3.24. The van der Waals surface area contributed by atoms with Gasteiger partial charge in [0, 0.05) is 26.5 Å². The van der Waals surface area contributed by atoms with Crippen LogP contribution in [0.1, 0.15) is 18.4 Å². The van der Waals surface area contributed by atoms with E-state index >= 15 is 0 Å². The summed E-state index contributed by atoms with van der Waals surface area (Å²) in [4.78, 5) is 4.25. The standard InChI is InChI=1S/C13H20N2O2/c1-14-13-3-2-12(8-15-13)10-17-9-11-4-6-16-7-5-11/h2-3,8,11H,4-7,9-10H2,1H3,(H,14,15). The van der Waals surface area contributed by atoms with Gasteiger partial charge in [-0.3, -0.25) is 0 Å². The van der Waals surface area contributed by atoms with Gasteiger partial charge in [-0.05, 0) is 30.4 Å². The van der Waals surface area contributed by atoms with Gasteiger partial charge in [-0.1, -0.05) is 6.07 Å². The number of nitrogens with one attached hydrogen (secondary N) is 1. The van der Waals surface area contributed by atoms with Crippen molar-refractivity contribution in [3.8, 4) is 0 Å². The summed E-state index contributed by atoms with van der Waals surface area (Å²) in [7, 11) is 1.86. The second-order valence-electron chi connectivity index (χ2n) is 4.37. The third-order valence-electron chi connectivity index (χ3n) is 3.04. The van der Waals surface area contributed by atoms with Crippen LogP contribution in [-0.2, 0) is 16.1 Å². The summed E-state index contributed by atoms with van der Waals surface area (Å²) >= 11 is 0. The number of rotatable bonds is 5. The van der Waals surface area contributed by atoms with Gasteiger partial charge in [-0.25, -0.2) is 4.98 Å². The molecule has 1 aromatic rings. The fourth-order valence-corrected chi connectivity index (χ4v) is 1.91. The Morgan fingerprint density at radius 2 is 2.24 bits per heavy atom. The first-order chi connectivity index (χ1) is 8.38. The molecule has 4 nitrogen and oxygen atoms in total. The largest absolute Gasteiger partial charge is 0.381 e. The lowest BCUT2D eigenvalue weighted by Crippen LogP contribution is -2.20. The van der Waals surface area contributed by atoms with Crippen LogP contribution < -0.4 is 5.32 Å². The molecule has 0 spiro atoms. The van der Waals surface area contributed by atoms with Crippen LogP contribution in [0.2, 0.25) is 0 Å². The van der Waals surface area contributed by atoms with Gasteiger partial charge in [0.25, 0.3) is 0 Å². The second kappa shape index (κ2) is 6.57. The fourth-order valence-electron chi connectivity index (χ4n) is 1.91. The normalized spacial score (nSPS) is 17.0. The predicted molar refractivity (Wildman–Crippen MR) is 67.0 cm³/mol. The lowest BCUT2D eigenvalue weighted by Gasteiger charge is -2.21. The van der Waals surface area contributed by atoms with E-state index < -0.39 is 0 Å². The van der Waals surface area contributed by atoms with Gasteiger partial charge in [-0.15, -0.1) is 0 Å². The molecule has 0 bridgehead atoms. The minimum absolute atomic E-state index is 0.647. The van der Waals surface area contributed by atoms with Crippen LogP contribution in [0.5, 0.6) is 0 Å². The summed E-state index contributed by atoms with van der Waals surface area (Å²) in [6, 6.07) is 4.01. The third kappa shape index (κ3) is 3.98. The highest BCUT2D eigenvalue weighted by Crippen LogP contribution is 2.15. The quantitative estimate of drug-likeness (QED) is 0.850. The van der Waals surface area contributed by atoms with Crippen LogP contribution in [0.25, 0.3) is 0 Å². The Labute approximate surface area is 102 Å². The van der Waals surface area contributed by atoms with Gasteiger partial charge in [0.1, 0.15) is 5.82 Å². The average Bonchev–Trinajstić information content (AvgIpc) is 2.41. The van der Waals surface area contributed by atoms with E-state index in [4.69, 9.17) is 9.47 Å². The molecule has 0 radical (unpaired) electrons. The molecule has 17 heavy (non-hydrogen) atoms. The highest BCUT2D eigenvalue weighted by Gasteiger charge is 2.13. The molecule has 2 heterocycles. The Kier molecular flexibility index (Phi) is 4.76. The maximum Gasteiger partial charge on any atom is 0.125 e. The molecule has 1 N–H and O–H groups in total. The van der Waals surface area contributed by atoms with Crippen LogP contribution in [0, 0.1) is 5.92 Å². The van der Waals surface area contributed by atoms with Crippen molar-refractivity contribution >= 4 is 5.82 Å². The zero-order valence-corrected chi connectivity index (χ0v) is 10.3. The molecule has 0 atom stereocenters. The minimum Gasteiger partial charge on any atom is -0.381 e. The van der Waals surface area contributed by atoms with Gasteiger partial charge < -0.3 is 14.8 Å². The van der Waals surface area contributed by atoms with Crippen molar-refractivity contribution in [3.63, 3.8) is 0 Å². The monoisotopic (exact) mass is 236 g/mol. The van der Waals surface area contributed by atoms with Crippen molar-refractivity contribution in [2.24, 2.45) is 5.92 Å². The minimum atomic E-state index is 0.647. The average molecular weight is 236 g/mol. The van der Waals surface area contributed by atoms with Gasteiger partial charge >= 0.3 is 0 Å². The van der Waals surface area contributed by atoms with Gasteiger partial charge in [0.2, 0.25) is 0 Å². The molecule has 1 fully saturated rings. The lowest BCUT2D eigenvalue weighted by atomic mass is 10.0. The Morgan fingerprint density at radius 3 is 2.88 bits per heavy atom. The molecular formula is C13H20N2O2. The Morgan fingerprint density at radius 1 is 1.41 bits per heavy atom. The molecule has 0 aromatic carbocycles. The number of nitrogens with zero attached hydrogens (tertiary/aromatic N) is 1. The Balaban J connectivity index is 1.69. The van der Waals surface area contributed by atoms with Crippen molar-refractivity contribution in [1.29, 1.82) is 0 Å². The summed E-state index contributed by atoms with van der Waals surface area (Å²) in [5, 5.41) is 3.00. The zero-order valence-electron chi connectivity index (χ0n) is 10.3. The Bertz CT molecular complexity index is 321. The molecule has 2 rings (SSSR count). The van der Waals surface area contributed by atoms with Crippen LogP contribution in [0.4, 0.5) is 5.82 Å². The number of hydrogen-bond acceptors (Lipinski definition) is 4. The maximum atomic E-state index is 5.72. The summed E-state index contributed by atoms with van der Waals surface area (Å²) in [5.41, 5.74) is 1.12. The van der Waals surface area contributed by atoms with Crippen LogP contribution in [0.15, 0.2) is 18.3 Å². The van der Waals surface area contributed by atoms with E-state index in [2.05, 4.69) is 10.3 Å². The fraction of sp³-hybridized carbons (Fsp3) is 0.615. The molecular weight excluding hydrogens is 216 g/mol.